The van der Waals surface area contributed by atoms with E-state index in [0.717, 1.165) is 4.31 Å². The molecule has 0 saturated carbocycles. The highest BCUT2D eigenvalue weighted by Gasteiger charge is 2.19. The van der Waals surface area contributed by atoms with Crippen molar-refractivity contribution < 1.29 is 23.2 Å². The van der Waals surface area contributed by atoms with E-state index in [1.54, 1.807) is 0 Å². The van der Waals surface area contributed by atoms with Gasteiger partial charge in [0.1, 0.15) is 0 Å². The molecule has 9 heteroatoms. The molecule has 0 spiro atoms. The van der Waals surface area contributed by atoms with Crippen LogP contribution in [0.25, 0.3) is 0 Å². The molecule has 0 aromatic heterocycles. The highest BCUT2D eigenvalue weighted by atomic mass is 32.2. The lowest BCUT2D eigenvalue weighted by molar-refractivity contribution is -0.384. The SMILES string of the molecule is CN(CCCC(=O)O)S(=O)(=O)Cc1ccc([N+](=O)[O-])cc1. The second-order valence-corrected chi connectivity index (χ2v) is 6.57. The number of non-ortho nitro benzene ring substituents is 1. The van der Waals surface area contributed by atoms with Gasteiger partial charge in [-0.2, -0.15) is 0 Å². The van der Waals surface area contributed by atoms with Gasteiger partial charge in [0.05, 0.1) is 10.7 Å². The number of carboxylic acids is 1. The van der Waals surface area contributed by atoms with E-state index in [1.807, 2.05) is 0 Å². The van der Waals surface area contributed by atoms with Gasteiger partial charge in [0, 0.05) is 32.1 Å². The second kappa shape index (κ2) is 7.14. The number of carbonyl (C=O) groups is 1. The summed E-state index contributed by atoms with van der Waals surface area (Å²) in [6, 6.07) is 5.27. The van der Waals surface area contributed by atoms with Crippen LogP contribution >= 0.6 is 0 Å². The molecule has 0 aliphatic carbocycles. The minimum Gasteiger partial charge on any atom is -0.481 e. The Kier molecular flexibility index (Phi) is 5.79. The van der Waals surface area contributed by atoms with Crippen LogP contribution in [-0.4, -0.2) is 42.3 Å². The number of nitro groups is 1. The summed E-state index contributed by atoms with van der Waals surface area (Å²) < 4.78 is 25.2. The summed E-state index contributed by atoms with van der Waals surface area (Å²) in [6.45, 7) is 0.113. The summed E-state index contributed by atoms with van der Waals surface area (Å²) in [6.07, 6.45) is 0.128. The number of sulfonamides is 1. The van der Waals surface area contributed by atoms with Gasteiger partial charge < -0.3 is 5.11 Å². The van der Waals surface area contributed by atoms with Crippen molar-refractivity contribution in [1.29, 1.82) is 0 Å². The Morgan fingerprint density at radius 1 is 1.33 bits per heavy atom. The number of benzene rings is 1. The Morgan fingerprint density at radius 3 is 2.38 bits per heavy atom. The summed E-state index contributed by atoms with van der Waals surface area (Å²) in [7, 11) is -2.20. The van der Waals surface area contributed by atoms with Crippen molar-refractivity contribution in [1.82, 2.24) is 4.31 Å². The first-order valence-corrected chi connectivity index (χ1v) is 7.72. The maximum Gasteiger partial charge on any atom is 0.303 e. The van der Waals surface area contributed by atoms with Gasteiger partial charge in [-0.3, -0.25) is 14.9 Å². The monoisotopic (exact) mass is 316 g/mol. The van der Waals surface area contributed by atoms with Gasteiger partial charge in [-0.1, -0.05) is 12.1 Å². The average molecular weight is 316 g/mol. The quantitative estimate of drug-likeness (QED) is 0.569. The van der Waals surface area contributed by atoms with Gasteiger partial charge in [0.25, 0.3) is 5.69 Å². The molecule has 1 aromatic rings. The lowest BCUT2D eigenvalue weighted by Crippen LogP contribution is -2.29. The molecule has 0 saturated heterocycles. The molecule has 116 valence electrons. The predicted molar refractivity (Wildman–Crippen MR) is 75.2 cm³/mol. The highest BCUT2D eigenvalue weighted by Crippen LogP contribution is 2.15. The first kappa shape index (κ1) is 17.1. The van der Waals surface area contributed by atoms with E-state index in [2.05, 4.69) is 0 Å². The van der Waals surface area contributed by atoms with Crippen LogP contribution < -0.4 is 0 Å². The van der Waals surface area contributed by atoms with Gasteiger partial charge in [-0.15, -0.1) is 0 Å². The molecule has 1 rings (SSSR count). The van der Waals surface area contributed by atoms with Crippen LogP contribution in [0.5, 0.6) is 0 Å². The lowest BCUT2D eigenvalue weighted by Gasteiger charge is -2.16. The smallest absolute Gasteiger partial charge is 0.303 e. The largest absolute Gasteiger partial charge is 0.481 e. The summed E-state index contributed by atoms with van der Waals surface area (Å²) in [4.78, 5) is 20.3. The van der Waals surface area contributed by atoms with Gasteiger partial charge in [0.15, 0.2) is 0 Å². The van der Waals surface area contributed by atoms with Crippen molar-refractivity contribution in [2.75, 3.05) is 13.6 Å². The predicted octanol–water partition coefficient (Wildman–Crippen LogP) is 1.22. The fourth-order valence-electron chi connectivity index (χ4n) is 1.63. The minimum absolute atomic E-state index is 0.0998. The number of nitrogens with zero attached hydrogens (tertiary/aromatic N) is 2. The third-order valence-electron chi connectivity index (χ3n) is 2.83. The molecule has 0 fully saturated rings. The summed E-state index contributed by atoms with van der Waals surface area (Å²) in [5.41, 5.74) is 0.330. The topological polar surface area (TPSA) is 118 Å². The number of rotatable bonds is 8. The number of carboxylic acid groups (broad SMARTS) is 1. The van der Waals surface area contributed by atoms with Gasteiger partial charge in [0.2, 0.25) is 10.0 Å². The van der Waals surface area contributed by atoms with Crippen LogP contribution in [0.15, 0.2) is 24.3 Å². The molecule has 21 heavy (non-hydrogen) atoms. The summed E-state index contributed by atoms with van der Waals surface area (Å²) in [5.74, 6) is -1.26. The van der Waals surface area contributed by atoms with Crippen LogP contribution in [0.2, 0.25) is 0 Å². The van der Waals surface area contributed by atoms with Crippen molar-refractivity contribution in [2.24, 2.45) is 0 Å². The summed E-state index contributed by atoms with van der Waals surface area (Å²) in [5, 5.41) is 19.0. The maximum atomic E-state index is 12.0. The zero-order valence-electron chi connectivity index (χ0n) is 11.4. The molecule has 1 N–H and O–H groups in total. The highest BCUT2D eigenvalue weighted by molar-refractivity contribution is 7.88. The lowest BCUT2D eigenvalue weighted by atomic mass is 10.2. The van der Waals surface area contributed by atoms with Crippen LogP contribution in [0, 0.1) is 10.1 Å². The van der Waals surface area contributed by atoms with E-state index in [0.29, 0.717) is 5.56 Å². The van der Waals surface area contributed by atoms with Crippen molar-refractivity contribution >= 4 is 21.7 Å². The van der Waals surface area contributed by atoms with E-state index in [-0.39, 0.29) is 30.8 Å². The molecule has 0 atom stereocenters. The van der Waals surface area contributed by atoms with Gasteiger partial charge in [-0.05, 0) is 12.0 Å². The molecule has 0 heterocycles. The van der Waals surface area contributed by atoms with E-state index in [4.69, 9.17) is 5.11 Å². The third-order valence-corrected chi connectivity index (χ3v) is 4.67. The second-order valence-electron chi connectivity index (χ2n) is 4.50. The molecule has 0 amide bonds. The Balaban J connectivity index is 2.66. The molecule has 0 bridgehead atoms. The van der Waals surface area contributed by atoms with E-state index >= 15 is 0 Å². The standard InChI is InChI=1S/C12H16N2O6S/c1-13(8-2-3-12(15)16)21(19,20)9-10-4-6-11(7-5-10)14(17)18/h4-7H,2-3,8-9H2,1H3,(H,15,16). The zero-order valence-corrected chi connectivity index (χ0v) is 12.2. The average Bonchev–Trinajstić information content (AvgIpc) is 2.38. The van der Waals surface area contributed by atoms with Crippen LogP contribution in [0.1, 0.15) is 18.4 Å². The van der Waals surface area contributed by atoms with Crippen LogP contribution in [-0.2, 0) is 20.6 Å². The van der Waals surface area contributed by atoms with Crippen molar-refractivity contribution in [3.63, 3.8) is 0 Å². The molecule has 0 radical (unpaired) electrons. The molecular weight excluding hydrogens is 300 g/mol. The molecular formula is C12H16N2O6S. The molecule has 1 aromatic carbocycles. The van der Waals surface area contributed by atoms with Crippen molar-refractivity contribution in [2.45, 2.75) is 18.6 Å². The third kappa shape index (κ3) is 5.48. The van der Waals surface area contributed by atoms with E-state index < -0.39 is 20.9 Å². The van der Waals surface area contributed by atoms with Crippen LogP contribution in [0.4, 0.5) is 5.69 Å². The number of hydrogen-bond donors (Lipinski definition) is 1. The Labute approximate surface area is 122 Å². The number of hydrogen-bond acceptors (Lipinski definition) is 5. The molecule has 0 aliphatic rings. The Bertz CT molecular complexity index is 611. The van der Waals surface area contributed by atoms with E-state index in [1.165, 1.54) is 31.3 Å². The first-order chi connectivity index (χ1) is 9.72. The fraction of sp³-hybridized carbons (Fsp3) is 0.417. The van der Waals surface area contributed by atoms with Gasteiger partial charge >= 0.3 is 5.97 Å². The normalized spacial score (nSPS) is 11.5. The first-order valence-electron chi connectivity index (χ1n) is 6.11. The fourth-order valence-corrected chi connectivity index (χ4v) is 2.87. The van der Waals surface area contributed by atoms with Gasteiger partial charge in [-0.25, -0.2) is 12.7 Å². The number of nitro benzene ring substituents is 1. The Hall–Kier alpha value is -2.00. The molecule has 0 aliphatic heterocycles. The number of aliphatic carboxylic acids is 1. The molecule has 8 nitrogen and oxygen atoms in total. The Morgan fingerprint density at radius 2 is 1.90 bits per heavy atom. The van der Waals surface area contributed by atoms with Crippen molar-refractivity contribution in [3.05, 3.63) is 39.9 Å². The van der Waals surface area contributed by atoms with E-state index in [9.17, 15) is 23.3 Å². The zero-order chi connectivity index (χ0) is 16.0. The van der Waals surface area contributed by atoms with Crippen molar-refractivity contribution in [3.8, 4) is 0 Å². The van der Waals surface area contributed by atoms with Crippen LogP contribution in [0.3, 0.4) is 0 Å². The molecule has 0 unspecified atom stereocenters. The maximum absolute atomic E-state index is 12.0. The summed E-state index contributed by atoms with van der Waals surface area (Å²) >= 11 is 0. The minimum atomic E-state index is -3.57.